The van der Waals surface area contributed by atoms with Gasteiger partial charge < -0.3 is 9.84 Å². The first kappa shape index (κ1) is 18.3. The van der Waals surface area contributed by atoms with E-state index in [2.05, 4.69) is 9.80 Å². The van der Waals surface area contributed by atoms with Crippen LogP contribution in [0.5, 0.6) is 11.5 Å². The SMILES string of the molecule is COc1ccc(CN2C[C@H]3CC[C@@H]2CN(Cc2ccc(F)cc2)C3)cc1O. The van der Waals surface area contributed by atoms with Crippen molar-refractivity contribution in [1.82, 2.24) is 9.80 Å². The maximum atomic E-state index is 13.2. The molecule has 5 heteroatoms. The maximum Gasteiger partial charge on any atom is 0.160 e. The van der Waals surface area contributed by atoms with Crippen LogP contribution in [0.25, 0.3) is 0 Å². The first-order valence-corrected chi connectivity index (χ1v) is 9.67. The minimum atomic E-state index is -0.177. The van der Waals surface area contributed by atoms with E-state index in [9.17, 15) is 9.50 Å². The summed E-state index contributed by atoms with van der Waals surface area (Å²) in [7, 11) is 1.57. The summed E-state index contributed by atoms with van der Waals surface area (Å²) in [5, 5.41) is 10.1. The third-order valence-corrected chi connectivity index (χ3v) is 5.85. The average molecular weight is 370 g/mol. The standard InChI is InChI=1S/C22H27FN2O2/c1-27-22-9-5-17(10-21(22)26)13-25-14-18-4-8-20(25)15-24(12-18)11-16-2-6-19(23)7-3-16/h2-3,5-7,9-10,18,20,26H,4,8,11-15H2,1H3/t18-,20+/m0/s1. The van der Waals surface area contributed by atoms with Gasteiger partial charge >= 0.3 is 0 Å². The maximum absolute atomic E-state index is 13.2. The molecular weight excluding hydrogens is 343 g/mol. The highest BCUT2D eigenvalue weighted by Crippen LogP contribution is 2.32. The van der Waals surface area contributed by atoms with Crippen LogP contribution in [0.3, 0.4) is 0 Å². The minimum absolute atomic E-state index is 0.177. The second-order valence-corrected chi connectivity index (χ2v) is 7.85. The molecule has 1 N–H and O–H groups in total. The summed E-state index contributed by atoms with van der Waals surface area (Å²) < 4.78 is 18.3. The van der Waals surface area contributed by atoms with Crippen molar-refractivity contribution >= 4 is 0 Å². The van der Waals surface area contributed by atoms with Crippen LogP contribution in [0.4, 0.5) is 4.39 Å². The molecule has 3 aliphatic heterocycles. The van der Waals surface area contributed by atoms with Gasteiger partial charge in [0.2, 0.25) is 0 Å². The lowest BCUT2D eigenvalue weighted by molar-refractivity contribution is 0.123. The van der Waals surface area contributed by atoms with Crippen LogP contribution in [-0.2, 0) is 13.1 Å². The summed E-state index contributed by atoms with van der Waals surface area (Å²) in [6.07, 6.45) is 2.49. The van der Waals surface area contributed by atoms with Gasteiger partial charge in [0.1, 0.15) is 5.82 Å². The Bertz CT molecular complexity index is 780. The summed E-state index contributed by atoms with van der Waals surface area (Å²) in [6, 6.07) is 13.1. The van der Waals surface area contributed by atoms with Crippen molar-refractivity contribution in [1.29, 1.82) is 0 Å². The Kier molecular flexibility index (Phi) is 5.32. The van der Waals surface area contributed by atoms with Crippen LogP contribution in [0.15, 0.2) is 42.5 Å². The number of nitrogens with zero attached hydrogens (tertiary/aromatic N) is 2. The Morgan fingerprint density at radius 3 is 2.52 bits per heavy atom. The second kappa shape index (κ2) is 7.87. The van der Waals surface area contributed by atoms with Gasteiger partial charge in [0.25, 0.3) is 0 Å². The van der Waals surface area contributed by atoms with Gasteiger partial charge in [0.15, 0.2) is 11.5 Å². The van der Waals surface area contributed by atoms with Crippen LogP contribution >= 0.6 is 0 Å². The molecule has 0 radical (unpaired) electrons. The first-order chi connectivity index (χ1) is 13.1. The highest BCUT2D eigenvalue weighted by Gasteiger charge is 2.34. The fourth-order valence-electron chi connectivity index (χ4n) is 4.52. The zero-order valence-corrected chi connectivity index (χ0v) is 15.8. The van der Waals surface area contributed by atoms with E-state index in [1.165, 1.54) is 18.4 Å². The van der Waals surface area contributed by atoms with Crippen molar-refractivity contribution in [3.05, 3.63) is 59.4 Å². The molecule has 2 aromatic rings. The molecule has 144 valence electrons. The molecule has 3 saturated heterocycles. The van der Waals surface area contributed by atoms with Crippen LogP contribution in [0.2, 0.25) is 0 Å². The third kappa shape index (κ3) is 4.25. The van der Waals surface area contributed by atoms with E-state index in [1.807, 2.05) is 30.3 Å². The molecule has 27 heavy (non-hydrogen) atoms. The molecule has 3 heterocycles. The molecule has 0 aliphatic carbocycles. The first-order valence-electron chi connectivity index (χ1n) is 9.67. The van der Waals surface area contributed by atoms with E-state index in [-0.39, 0.29) is 11.6 Å². The summed E-state index contributed by atoms with van der Waals surface area (Å²) in [6.45, 7) is 4.96. The van der Waals surface area contributed by atoms with Crippen molar-refractivity contribution in [2.45, 2.75) is 32.0 Å². The van der Waals surface area contributed by atoms with Crippen molar-refractivity contribution < 1.29 is 14.2 Å². The number of piperidine rings is 1. The lowest BCUT2D eigenvalue weighted by Crippen LogP contribution is -2.43. The average Bonchev–Trinajstić information content (AvgIpc) is 2.94. The summed E-state index contributed by atoms with van der Waals surface area (Å²) in [5.41, 5.74) is 2.29. The summed E-state index contributed by atoms with van der Waals surface area (Å²) >= 11 is 0. The van der Waals surface area contributed by atoms with Crippen molar-refractivity contribution in [3.8, 4) is 11.5 Å². The molecule has 2 atom stereocenters. The van der Waals surface area contributed by atoms with Gasteiger partial charge in [0.05, 0.1) is 7.11 Å². The van der Waals surface area contributed by atoms with Gasteiger partial charge in [0, 0.05) is 38.8 Å². The van der Waals surface area contributed by atoms with E-state index < -0.39 is 0 Å². The number of methoxy groups -OCH3 is 1. The normalized spacial score (nSPS) is 23.3. The van der Waals surface area contributed by atoms with Gasteiger partial charge in [-0.1, -0.05) is 18.2 Å². The van der Waals surface area contributed by atoms with E-state index in [0.717, 1.165) is 38.3 Å². The number of hydrogen-bond donors (Lipinski definition) is 1. The second-order valence-electron chi connectivity index (χ2n) is 7.85. The monoisotopic (exact) mass is 370 g/mol. The lowest BCUT2D eigenvalue weighted by atomic mass is 9.94. The Morgan fingerprint density at radius 2 is 1.78 bits per heavy atom. The number of benzene rings is 2. The van der Waals surface area contributed by atoms with Crippen molar-refractivity contribution in [2.75, 3.05) is 26.7 Å². The molecule has 0 spiro atoms. The zero-order chi connectivity index (χ0) is 18.8. The highest BCUT2D eigenvalue weighted by molar-refractivity contribution is 5.41. The number of ether oxygens (including phenoxy) is 1. The molecule has 0 aromatic heterocycles. The van der Waals surface area contributed by atoms with Gasteiger partial charge in [-0.2, -0.15) is 0 Å². The van der Waals surface area contributed by atoms with Crippen LogP contribution in [0.1, 0.15) is 24.0 Å². The zero-order valence-electron chi connectivity index (χ0n) is 15.8. The van der Waals surface area contributed by atoms with Gasteiger partial charge in [-0.3, -0.25) is 9.80 Å². The molecule has 0 saturated carbocycles. The van der Waals surface area contributed by atoms with Crippen LogP contribution in [-0.4, -0.2) is 47.7 Å². The predicted molar refractivity (Wildman–Crippen MR) is 103 cm³/mol. The topological polar surface area (TPSA) is 35.9 Å². The van der Waals surface area contributed by atoms with Gasteiger partial charge in [-0.05, 0) is 54.2 Å². The Morgan fingerprint density at radius 1 is 1.00 bits per heavy atom. The molecule has 3 fully saturated rings. The van der Waals surface area contributed by atoms with E-state index in [1.54, 1.807) is 19.2 Å². The smallest absolute Gasteiger partial charge is 0.160 e. The molecule has 4 nitrogen and oxygen atoms in total. The summed E-state index contributed by atoms with van der Waals surface area (Å²) in [5.74, 6) is 1.20. The largest absolute Gasteiger partial charge is 0.504 e. The number of fused-ring (bicyclic) bond motifs is 4. The molecule has 5 rings (SSSR count). The molecule has 2 aromatic carbocycles. The molecule has 0 amide bonds. The third-order valence-electron chi connectivity index (χ3n) is 5.85. The van der Waals surface area contributed by atoms with Crippen LogP contribution in [0, 0.1) is 11.7 Å². The minimum Gasteiger partial charge on any atom is -0.504 e. The molecule has 3 aliphatic rings. The Balaban J connectivity index is 1.43. The molecular formula is C22H27FN2O2. The fourth-order valence-corrected chi connectivity index (χ4v) is 4.52. The van der Waals surface area contributed by atoms with E-state index in [4.69, 9.17) is 4.74 Å². The molecule has 2 bridgehead atoms. The molecule has 0 unspecified atom stereocenters. The summed E-state index contributed by atoms with van der Waals surface area (Å²) in [4.78, 5) is 5.07. The van der Waals surface area contributed by atoms with E-state index >= 15 is 0 Å². The fraction of sp³-hybridized carbons (Fsp3) is 0.455. The van der Waals surface area contributed by atoms with Gasteiger partial charge in [-0.15, -0.1) is 0 Å². The number of hydrogen-bond acceptors (Lipinski definition) is 4. The number of phenols is 1. The quantitative estimate of drug-likeness (QED) is 0.872. The Labute approximate surface area is 160 Å². The van der Waals surface area contributed by atoms with E-state index in [0.29, 0.717) is 17.7 Å². The predicted octanol–water partition coefficient (Wildman–Crippen LogP) is 3.64. The number of aromatic hydroxyl groups is 1. The number of phenolic OH excluding ortho intramolecular Hbond substituents is 1. The Hall–Kier alpha value is -2.11. The number of rotatable bonds is 5. The highest BCUT2D eigenvalue weighted by atomic mass is 19.1. The van der Waals surface area contributed by atoms with Gasteiger partial charge in [-0.25, -0.2) is 4.39 Å². The lowest BCUT2D eigenvalue weighted by Gasteiger charge is -2.36. The van der Waals surface area contributed by atoms with Crippen molar-refractivity contribution in [3.63, 3.8) is 0 Å². The van der Waals surface area contributed by atoms with Crippen molar-refractivity contribution in [2.24, 2.45) is 5.92 Å². The number of halogens is 1. The van der Waals surface area contributed by atoms with Crippen LogP contribution < -0.4 is 4.74 Å².